The maximum atomic E-state index is 8.07. The van der Waals surface area contributed by atoms with Crippen molar-refractivity contribution in [2.24, 2.45) is 0 Å². The molecule has 0 aliphatic rings. The zero-order chi connectivity index (χ0) is 14.4. The summed E-state index contributed by atoms with van der Waals surface area (Å²) in [5.74, 6) is 0. The molecule has 0 unspecified atom stereocenters. The van der Waals surface area contributed by atoms with E-state index >= 15 is 0 Å². The van der Waals surface area contributed by atoms with Crippen molar-refractivity contribution in [3.63, 3.8) is 0 Å². The molecule has 0 saturated carbocycles. The SMILES string of the molecule is CCCCO.CCCCO.CCCCO.[CH2-]C.[Zr]. The summed E-state index contributed by atoms with van der Waals surface area (Å²) >= 11 is 0. The van der Waals surface area contributed by atoms with E-state index in [0.29, 0.717) is 19.8 Å². The topological polar surface area (TPSA) is 60.7 Å². The Balaban J connectivity index is -0.0000000427. The Bertz CT molecular complexity index is 53.8. The Labute approximate surface area is 134 Å². The largest absolute Gasteiger partial charge is 0.396 e. The molecule has 0 spiro atoms. The second-order valence-electron chi connectivity index (χ2n) is 3.23. The summed E-state index contributed by atoms with van der Waals surface area (Å²) in [6.45, 7) is 12.2. The van der Waals surface area contributed by atoms with Gasteiger partial charge in [-0.1, -0.05) is 40.0 Å². The van der Waals surface area contributed by atoms with Gasteiger partial charge in [-0.05, 0) is 19.3 Å². The van der Waals surface area contributed by atoms with E-state index in [0.717, 1.165) is 38.5 Å². The van der Waals surface area contributed by atoms with Crippen LogP contribution in [0.5, 0.6) is 0 Å². The van der Waals surface area contributed by atoms with Crippen molar-refractivity contribution < 1.29 is 41.5 Å². The van der Waals surface area contributed by atoms with E-state index in [-0.39, 0.29) is 26.2 Å². The third kappa shape index (κ3) is 91.1. The van der Waals surface area contributed by atoms with Gasteiger partial charge in [0.15, 0.2) is 0 Å². The van der Waals surface area contributed by atoms with Gasteiger partial charge in [0.25, 0.3) is 0 Å². The van der Waals surface area contributed by atoms with Crippen LogP contribution in [0.2, 0.25) is 0 Å². The molecule has 0 bridgehead atoms. The molecule has 0 rings (SSSR count). The van der Waals surface area contributed by atoms with Gasteiger partial charge < -0.3 is 22.2 Å². The van der Waals surface area contributed by atoms with E-state index in [1.807, 2.05) is 0 Å². The number of aliphatic hydroxyl groups is 3. The van der Waals surface area contributed by atoms with Crippen molar-refractivity contribution in [2.75, 3.05) is 19.8 Å². The van der Waals surface area contributed by atoms with Crippen LogP contribution >= 0.6 is 0 Å². The monoisotopic (exact) mass is 341 g/mol. The summed E-state index contributed by atoms with van der Waals surface area (Å²) in [5, 5.41) is 24.2. The fourth-order valence-electron chi connectivity index (χ4n) is 0.474. The van der Waals surface area contributed by atoms with Gasteiger partial charge in [0.05, 0.1) is 0 Å². The van der Waals surface area contributed by atoms with Crippen LogP contribution in [-0.4, -0.2) is 35.1 Å². The Hall–Kier alpha value is 0.763. The molecule has 3 N–H and O–H groups in total. The van der Waals surface area contributed by atoms with Crippen molar-refractivity contribution in [2.45, 2.75) is 66.2 Å². The summed E-state index contributed by atoms with van der Waals surface area (Å²) in [6, 6.07) is 0. The van der Waals surface area contributed by atoms with E-state index < -0.39 is 0 Å². The zero-order valence-electron chi connectivity index (χ0n) is 12.9. The van der Waals surface area contributed by atoms with Crippen LogP contribution in [-0.2, 0) is 26.2 Å². The van der Waals surface area contributed by atoms with Gasteiger partial charge in [0, 0.05) is 46.0 Å². The fourth-order valence-corrected chi connectivity index (χ4v) is 0.474. The maximum absolute atomic E-state index is 8.07. The average molecular weight is 343 g/mol. The second kappa shape index (κ2) is 52.4. The Kier molecular flexibility index (Phi) is 90.9. The van der Waals surface area contributed by atoms with Gasteiger partial charge in [-0.2, -0.15) is 6.92 Å². The van der Waals surface area contributed by atoms with Crippen molar-refractivity contribution in [1.29, 1.82) is 0 Å². The molecule has 18 heavy (non-hydrogen) atoms. The van der Waals surface area contributed by atoms with E-state index in [2.05, 4.69) is 27.7 Å². The normalized spacial score (nSPS) is 7.33. The molecule has 0 aromatic heterocycles. The number of hydrogen-bond donors (Lipinski definition) is 3. The van der Waals surface area contributed by atoms with Gasteiger partial charge in [-0.3, -0.25) is 0 Å². The van der Waals surface area contributed by atoms with Gasteiger partial charge in [0.2, 0.25) is 0 Å². The Morgan fingerprint density at radius 2 is 0.778 bits per heavy atom. The molecule has 0 saturated heterocycles. The summed E-state index contributed by atoms with van der Waals surface area (Å²) in [7, 11) is 0. The van der Waals surface area contributed by atoms with Crippen molar-refractivity contribution in [1.82, 2.24) is 0 Å². The molecule has 0 amide bonds. The van der Waals surface area contributed by atoms with Crippen LogP contribution < -0.4 is 0 Å². The van der Waals surface area contributed by atoms with Crippen molar-refractivity contribution in [3.05, 3.63) is 6.92 Å². The third-order valence-corrected chi connectivity index (χ3v) is 1.54. The molecule has 4 heteroatoms. The molecular formula is C14H35O3Zr-. The molecule has 0 atom stereocenters. The maximum Gasteiger partial charge on any atom is 0.0430 e. The molecule has 0 aliphatic carbocycles. The van der Waals surface area contributed by atoms with Gasteiger partial charge in [-0.15, -0.1) is 0 Å². The minimum Gasteiger partial charge on any atom is -0.396 e. The molecule has 0 aliphatic heterocycles. The van der Waals surface area contributed by atoms with Crippen LogP contribution in [0.1, 0.15) is 66.2 Å². The molecule has 0 aromatic carbocycles. The van der Waals surface area contributed by atoms with Crippen LogP contribution in [0.25, 0.3) is 0 Å². The summed E-state index contributed by atoms with van der Waals surface area (Å²) < 4.78 is 0. The van der Waals surface area contributed by atoms with Crippen molar-refractivity contribution >= 4 is 0 Å². The smallest absolute Gasteiger partial charge is 0.0430 e. The van der Waals surface area contributed by atoms with E-state index in [4.69, 9.17) is 15.3 Å². The quantitative estimate of drug-likeness (QED) is 0.650. The van der Waals surface area contributed by atoms with Crippen molar-refractivity contribution in [3.8, 4) is 0 Å². The predicted molar refractivity (Wildman–Crippen MR) is 77.0 cm³/mol. The molecular weight excluding hydrogens is 307 g/mol. The Morgan fingerprint density at radius 3 is 0.778 bits per heavy atom. The zero-order valence-corrected chi connectivity index (χ0v) is 15.4. The average Bonchev–Trinajstić information content (AvgIpc) is 2.36. The van der Waals surface area contributed by atoms with Gasteiger partial charge in [-0.25, -0.2) is 0 Å². The third-order valence-electron chi connectivity index (χ3n) is 1.54. The Morgan fingerprint density at radius 1 is 0.611 bits per heavy atom. The number of rotatable bonds is 6. The summed E-state index contributed by atoms with van der Waals surface area (Å²) in [4.78, 5) is 0. The van der Waals surface area contributed by atoms with Crippen LogP contribution in [0.4, 0.5) is 0 Å². The molecule has 0 aromatic rings. The van der Waals surface area contributed by atoms with Crippen LogP contribution in [0.3, 0.4) is 0 Å². The number of hydrogen-bond acceptors (Lipinski definition) is 3. The van der Waals surface area contributed by atoms with E-state index in [1.165, 1.54) is 0 Å². The summed E-state index contributed by atoms with van der Waals surface area (Å²) in [6.07, 6.45) is 6.11. The van der Waals surface area contributed by atoms with E-state index in [1.54, 1.807) is 6.92 Å². The van der Waals surface area contributed by atoms with Gasteiger partial charge in [0.1, 0.15) is 0 Å². The van der Waals surface area contributed by atoms with Crippen LogP contribution in [0, 0.1) is 6.92 Å². The second-order valence-corrected chi connectivity index (χ2v) is 3.23. The molecule has 114 valence electrons. The predicted octanol–water partition coefficient (Wildman–Crippen LogP) is 3.17. The first-order valence-corrected chi connectivity index (χ1v) is 6.78. The number of aliphatic hydroxyl groups excluding tert-OH is 3. The summed E-state index contributed by atoms with van der Waals surface area (Å²) in [5.41, 5.74) is 0. The first-order valence-electron chi connectivity index (χ1n) is 6.78. The van der Waals surface area contributed by atoms with Crippen LogP contribution in [0.15, 0.2) is 0 Å². The molecule has 0 radical (unpaired) electrons. The van der Waals surface area contributed by atoms with Gasteiger partial charge >= 0.3 is 0 Å². The minimum atomic E-state index is 0. The standard InChI is InChI=1S/3C4H10O.C2H5.Zr/c3*1-2-3-4-5;1-2;/h3*5H,2-4H2,1H3;1H2,2H3;/q;;;-1;. The first kappa shape index (κ1) is 31.3. The number of unbranched alkanes of at least 4 members (excludes halogenated alkanes) is 3. The minimum absolute atomic E-state index is 0. The van der Waals surface area contributed by atoms with E-state index in [9.17, 15) is 0 Å². The molecule has 3 nitrogen and oxygen atoms in total. The fraction of sp³-hybridized carbons (Fsp3) is 0.929. The molecule has 0 heterocycles. The molecule has 0 fully saturated rings. The first-order chi connectivity index (χ1) is 8.24.